The lowest BCUT2D eigenvalue weighted by Crippen LogP contribution is -2.10. The van der Waals surface area contributed by atoms with Crippen molar-refractivity contribution in [2.75, 3.05) is 0 Å². The molecule has 0 bridgehead atoms. The second-order valence-corrected chi connectivity index (χ2v) is 4.14. The van der Waals surface area contributed by atoms with E-state index in [2.05, 4.69) is 16.3 Å². The van der Waals surface area contributed by atoms with Crippen LogP contribution in [0.25, 0.3) is 10.9 Å². The Morgan fingerprint density at radius 3 is 3.00 bits per heavy atom. The topological polar surface area (TPSA) is 37.9 Å². The molecular weight excluding hydrogens is 188 g/mol. The summed E-state index contributed by atoms with van der Waals surface area (Å²) in [6.45, 7) is 0. The van der Waals surface area contributed by atoms with Gasteiger partial charge in [-0.05, 0) is 43.9 Å². The summed E-state index contributed by atoms with van der Waals surface area (Å²) in [4.78, 5) is 0. The first kappa shape index (κ1) is 8.77. The molecule has 0 amide bonds. The Morgan fingerprint density at radius 1 is 1.27 bits per heavy atom. The van der Waals surface area contributed by atoms with Gasteiger partial charge in [-0.3, -0.25) is 5.10 Å². The van der Waals surface area contributed by atoms with Gasteiger partial charge in [0.2, 0.25) is 0 Å². The summed E-state index contributed by atoms with van der Waals surface area (Å²) >= 11 is 0. The molecule has 0 atom stereocenters. The molecule has 1 saturated carbocycles. The summed E-state index contributed by atoms with van der Waals surface area (Å²) in [7, 11) is 0. The summed E-state index contributed by atoms with van der Waals surface area (Å²) in [6, 6.07) is 6.09. The van der Waals surface area contributed by atoms with E-state index < -0.39 is 0 Å². The predicted molar refractivity (Wildman–Crippen MR) is 59.0 cm³/mol. The summed E-state index contributed by atoms with van der Waals surface area (Å²) in [5, 5.41) is 8.04. The lowest BCUT2D eigenvalue weighted by atomic mass is 10.2. The van der Waals surface area contributed by atoms with E-state index in [1.165, 1.54) is 25.7 Å². The van der Waals surface area contributed by atoms with Gasteiger partial charge < -0.3 is 4.74 Å². The minimum atomic E-state index is 0.425. The Hall–Kier alpha value is -1.51. The first-order valence-electron chi connectivity index (χ1n) is 5.51. The Bertz CT molecular complexity index is 457. The Kier molecular flexibility index (Phi) is 2.09. The van der Waals surface area contributed by atoms with E-state index >= 15 is 0 Å². The molecule has 0 radical (unpaired) electrons. The Labute approximate surface area is 88.4 Å². The van der Waals surface area contributed by atoms with Gasteiger partial charge in [0.15, 0.2) is 0 Å². The van der Waals surface area contributed by atoms with Gasteiger partial charge in [0.25, 0.3) is 0 Å². The van der Waals surface area contributed by atoms with E-state index in [4.69, 9.17) is 4.74 Å². The van der Waals surface area contributed by atoms with Gasteiger partial charge in [-0.1, -0.05) is 0 Å². The van der Waals surface area contributed by atoms with Gasteiger partial charge in [0, 0.05) is 5.39 Å². The second kappa shape index (κ2) is 3.57. The number of H-pyrrole nitrogens is 1. The lowest BCUT2D eigenvalue weighted by Gasteiger charge is -2.12. The number of aromatic amines is 1. The summed E-state index contributed by atoms with van der Waals surface area (Å²) in [5.74, 6) is 0.968. The van der Waals surface area contributed by atoms with E-state index in [1.54, 1.807) is 0 Å². The second-order valence-electron chi connectivity index (χ2n) is 4.14. The average Bonchev–Trinajstić information content (AvgIpc) is 2.87. The van der Waals surface area contributed by atoms with Crippen molar-refractivity contribution in [2.24, 2.45) is 0 Å². The molecule has 0 spiro atoms. The van der Waals surface area contributed by atoms with Crippen LogP contribution in [0, 0.1) is 0 Å². The minimum Gasteiger partial charge on any atom is -0.490 e. The minimum absolute atomic E-state index is 0.425. The number of hydrogen-bond acceptors (Lipinski definition) is 2. The van der Waals surface area contributed by atoms with Gasteiger partial charge in [0.1, 0.15) is 5.75 Å². The molecule has 3 nitrogen and oxygen atoms in total. The van der Waals surface area contributed by atoms with Crippen molar-refractivity contribution >= 4 is 10.9 Å². The molecule has 0 saturated heterocycles. The molecule has 2 aromatic rings. The van der Waals surface area contributed by atoms with Crippen LogP contribution in [0.2, 0.25) is 0 Å². The van der Waals surface area contributed by atoms with E-state index in [-0.39, 0.29) is 0 Å². The summed E-state index contributed by atoms with van der Waals surface area (Å²) in [5.41, 5.74) is 1.06. The molecule has 3 heteroatoms. The predicted octanol–water partition coefficient (Wildman–Crippen LogP) is 2.88. The summed E-state index contributed by atoms with van der Waals surface area (Å²) in [6.07, 6.45) is 7.26. The first-order chi connectivity index (χ1) is 7.42. The zero-order chi connectivity index (χ0) is 10.1. The third kappa shape index (κ3) is 1.69. The van der Waals surface area contributed by atoms with Crippen molar-refractivity contribution in [3.63, 3.8) is 0 Å². The molecule has 0 aliphatic heterocycles. The normalized spacial score (nSPS) is 17.3. The van der Waals surface area contributed by atoms with Crippen LogP contribution in [0.4, 0.5) is 0 Å². The smallest absolute Gasteiger partial charge is 0.120 e. The van der Waals surface area contributed by atoms with Gasteiger partial charge >= 0.3 is 0 Å². The van der Waals surface area contributed by atoms with Crippen molar-refractivity contribution in [1.29, 1.82) is 0 Å². The van der Waals surface area contributed by atoms with Gasteiger partial charge in [-0.25, -0.2) is 0 Å². The van der Waals surface area contributed by atoms with E-state index in [0.29, 0.717) is 6.10 Å². The molecule has 1 fully saturated rings. The number of nitrogens with one attached hydrogen (secondary N) is 1. The fraction of sp³-hybridized carbons (Fsp3) is 0.417. The van der Waals surface area contributed by atoms with Crippen molar-refractivity contribution in [2.45, 2.75) is 31.8 Å². The number of rotatable bonds is 2. The average molecular weight is 202 g/mol. The van der Waals surface area contributed by atoms with Crippen LogP contribution < -0.4 is 4.74 Å². The van der Waals surface area contributed by atoms with Crippen LogP contribution in [-0.2, 0) is 0 Å². The molecule has 0 unspecified atom stereocenters. The molecule has 78 valence electrons. The van der Waals surface area contributed by atoms with Crippen LogP contribution in [0.5, 0.6) is 5.75 Å². The maximum Gasteiger partial charge on any atom is 0.120 e. The zero-order valence-electron chi connectivity index (χ0n) is 8.57. The van der Waals surface area contributed by atoms with E-state index in [1.807, 2.05) is 18.3 Å². The van der Waals surface area contributed by atoms with E-state index in [9.17, 15) is 0 Å². The third-order valence-corrected chi connectivity index (χ3v) is 3.02. The van der Waals surface area contributed by atoms with Gasteiger partial charge in [0.05, 0.1) is 17.8 Å². The standard InChI is InChI=1S/C12H14N2O/c1-2-4-10(3-1)15-11-5-6-12-9(7-11)8-13-14-12/h5-8,10H,1-4H2,(H,13,14). The fourth-order valence-corrected chi connectivity index (χ4v) is 2.19. The number of aromatic nitrogens is 2. The molecule has 1 aromatic carbocycles. The SMILES string of the molecule is c1cc2[nH]ncc2cc1OC1CCCC1. The Balaban J connectivity index is 1.84. The molecule has 1 N–H and O–H groups in total. The molecule has 1 aliphatic carbocycles. The molecular formula is C12H14N2O. The van der Waals surface area contributed by atoms with Crippen LogP contribution >= 0.6 is 0 Å². The number of nitrogens with zero attached hydrogens (tertiary/aromatic N) is 1. The number of hydrogen-bond donors (Lipinski definition) is 1. The first-order valence-corrected chi connectivity index (χ1v) is 5.51. The highest BCUT2D eigenvalue weighted by Gasteiger charge is 2.16. The van der Waals surface area contributed by atoms with Crippen LogP contribution in [0.1, 0.15) is 25.7 Å². The molecule has 1 aliphatic rings. The molecule has 3 rings (SSSR count). The monoisotopic (exact) mass is 202 g/mol. The largest absolute Gasteiger partial charge is 0.490 e. The van der Waals surface area contributed by atoms with Gasteiger partial charge in [-0.15, -0.1) is 0 Å². The van der Waals surface area contributed by atoms with Gasteiger partial charge in [-0.2, -0.15) is 5.10 Å². The molecule has 1 aromatic heterocycles. The summed E-state index contributed by atoms with van der Waals surface area (Å²) < 4.78 is 5.91. The third-order valence-electron chi connectivity index (χ3n) is 3.02. The zero-order valence-corrected chi connectivity index (χ0v) is 8.57. The highest BCUT2D eigenvalue weighted by atomic mass is 16.5. The molecule has 15 heavy (non-hydrogen) atoms. The maximum atomic E-state index is 5.91. The Morgan fingerprint density at radius 2 is 2.13 bits per heavy atom. The highest BCUT2D eigenvalue weighted by Crippen LogP contribution is 2.25. The number of fused-ring (bicyclic) bond motifs is 1. The highest BCUT2D eigenvalue weighted by molar-refractivity contribution is 5.79. The maximum absolute atomic E-state index is 5.91. The lowest BCUT2D eigenvalue weighted by molar-refractivity contribution is 0.210. The van der Waals surface area contributed by atoms with Crippen molar-refractivity contribution in [3.8, 4) is 5.75 Å². The van der Waals surface area contributed by atoms with Crippen LogP contribution in [0.3, 0.4) is 0 Å². The van der Waals surface area contributed by atoms with Crippen LogP contribution in [-0.4, -0.2) is 16.3 Å². The quantitative estimate of drug-likeness (QED) is 0.813. The fourth-order valence-electron chi connectivity index (χ4n) is 2.19. The van der Waals surface area contributed by atoms with E-state index in [0.717, 1.165) is 16.7 Å². The molecule has 1 heterocycles. The van der Waals surface area contributed by atoms with Crippen molar-refractivity contribution in [3.05, 3.63) is 24.4 Å². The van der Waals surface area contributed by atoms with Crippen molar-refractivity contribution < 1.29 is 4.74 Å². The number of ether oxygens (including phenoxy) is 1. The van der Waals surface area contributed by atoms with Crippen molar-refractivity contribution in [1.82, 2.24) is 10.2 Å². The number of benzene rings is 1. The van der Waals surface area contributed by atoms with Crippen LogP contribution in [0.15, 0.2) is 24.4 Å².